The highest BCUT2D eigenvalue weighted by Crippen LogP contribution is 2.32. The third kappa shape index (κ3) is 17.1. The second-order valence-corrected chi connectivity index (χ2v) is 15.6. The Balaban J connectivity index is 0.000000244. The van der Waals surface area contributed by atoms with Crippen LogP contribution in [0.3, 0.4) is 0 Å². The molecule has 4 heterocycles. The number of ether oxygens (including phenoxy) is 3. The molecule has 4 heteroatoms. The summed E-state index contributed by atoms with van der Waals surface area (Å²) in [5.41, 5.74) is 0. The standard InChI is InChI=1S/C8H16O.C7H14O.C7H14S.C7H14.C6H12O/c1-7(2)8-4-3-5-9-6-8;2*1-6(2)7-3-4-8-5-7;1-6(2)7-4-3-5-7;1-5(2)6-3-7-4-6/h7-8H,3-6H2,1-2H3;2*6-7H,3-5H2,1-2H3;6-7H,3-5H2,1-2H3;5-6H,3-4H2,1-2H3. The molecule has 0 amide bonds. The first-order chi connectivity index (χ1) is 18.5. The fourth-order valence-electron chi connectivity index (χ4n) is 5.19. The minimum Gasteiger partial charge on any atom is -0.381 e. The number of rotatable bonds is 5. The molecule has 0 radical (unpaired) electrons. The van der Waals surface area contributed by atoms with E-state index in [1.807, 2.05) is 0 Å². The first-order valence-electron chi connectivity index (χ1n) is 16.8. The predicted octanol–water partition coefficient (Wildman–Crippen LogP) is 9.87. The lowest BCUT2D eigenvalue weighted by molar-refractivity contribution is -0.0534. The normalized spacial score (nSPS) is 27.0. The molecule has 5 aliphatic rings. The van der Waals surface area contributed by atoms with Crippen LogP contribution in [0.2, 0.25) is 0 Å². The first-order valence-corrected chi connectivity index (χ1v) is 18.0. The monoisotopic (exact) mass is 571 g/mol. The fraction of sp³-hybridized carbons (Fsp3) is 1.00. The summed E-state index contributed by atoms with van der Waals surface area (Å²) in [6, 6.07) is 0. The smallest absolute Gasteiger partial charge is 0.0518 e. The highest BCUT2D eigenvalue weighted by Gasteiger charge is 2.21. The molecule has 1 saturated carbocycles. The molecule has 4 aliphatic heterocycles. The van der Waals surface area contributed by atoms with Crippen molar-refractivity contribution in [3.63, 3.8) is 0 Å². The minimum absolute atomic E-state index is 0.810. The van der Waals surface area contributed by atoms with Gasteiger partial charge in [-0.25, -0.2) is 0 Å². The van der Waals surface area contributed by atoms with Gasteiger partial charge in [0.1, 0.15) is 0 Å². The van der Waals surface area contributed by atoms with Crippen LogP contribution >= 0.6 is 11.8 Å². The first kappa shape index (κ1) is 37.3. The minimum atomic E-state index is 0.810. The molecule has 0 aromatic heterocycles. The molecule has 3 nitrogen and oxygen atoms in total. The van der Waals surface area contributed by atoms with E-state index in [0.29, 0.717) is 0 Å². The summed E-state index contributed by atoms with van der Waals surface area (Å²) in [5.74, 6) is 11.8. The van der Waals surface area contributed by atoms with E-state index >= 15 is 0 Å². The molecule has 3 atom stereocenters. The Kier molecular flexibility index (Phi) is 20.9. The van der Waals surface area contributed by atoms with Crippen molar-refractivity contribution in [2.75, 3.05) is 51.1 Å². The molecule has 39 heavy (non-hydrogen) atoms. The summed E-state index contributed by atoms with van der Waals surface area (Å²) < 4.78 is 15.6. The van der Waals surface area contributed by atoms with Crippen LogP contribution in [0.25, 0.3) is 0 Å². The van der Waals surface area contributed by atoms with Crippen LogP contribution in [-0.2, 0) is 14.2 Å². The van der Waals surface area contributed by atoms with Crippen LogP contribution in [0.5, 0.6) is 0 Å². The van der Waals surface area contributed by atoms with Gasteiger partial charge in [-0.05, 0) is 90.5 Å². The Morgan fingerprint density at radius 3 is 1.08 bits per heavy atom. The summed E-state index contributed by atoms with van der Waals surface area (Å²) in [5, 5.41) is 0. The maximum Gasteiger partial charge on any atom is 0.0518 e. The van der Waals surface area contributed by atoms with Crippen LogP contribution in [0.4, 0.5) is 0 Å². The van der Waals surface area contributed by atoms with Gasteiger partial charge in [-0.15, -0.1) is 0 Å². The number of hydrogen-bond acceptors (Lipinski definition) is 4. The number of hydrogen-bond donors (Lipinski definition) is 0. The van der Waals surface area contributed by atoms with Crippen LogP contribution in [0.15, 0.2) is 0 Å². The summed E-state index contributed by atoms with van der Waals surface area (Å²) >= 11 is 2.11. The quantitative estimate of drug-likeness (QED) is 0.329. The average molecular weight is 571 g/mol. The van der Waals surface area contributed by atoms with Gasteiger partial charge < -0.3 is 14.2 Å². The van der Waals surface area contributed by atoms with Crippen LogP contribution in [0.1, 0.15) is 114 Å². The second kappa shape index (κ2) is 21.9. The van der Waals surface area contributed by atoms with E-state index in [1.54, 1.807) is 0 Å². The van der Waals surface area contributed by atoms with E-state index in [2.05, 4.69) is 81.0 Å². The Morgan fingerprint density at radius 2 is 0.897 bits per heavy atom. The topological polar surface area (TPSA) is 27.7 Å². The molecule has 5 fully saturated rings. The van der Waals surface area contributed by atoms with Gasteiger partial charge in [0.05, 0.1) is 13.2 Å². The van der Waals surface area contributed by atoms with Crippen molar-refractivity contribution >= 4 is 11.8 Å². The molecule has 0 aromatic carbocycles. The lowest BCUT2D eigenvalue weighted by Crippen LogP contribution is -2.31. The van der Waals surface area contributed by atoms with E-state index in [1.165, 1.54) is 56.5 Å². The molecule has 0 spiro atoms. The van der Waals surface area contributed by atoms with Crippen LogP contribution < -0.4 is 0 Å². The van der Waals surface area contributed by atoms with E-state index in [0.717, 1.165) is 98.8 Å². The molecule has 0 bridgehead atoms. The molecule has 234 valence electrons. The molecule has 1 aliphatic carbocycles. The van der Waals surface area contributed by atoms with E-state index in [9.17, 15) is 0 Å². The molecule has 0 N–H and O–H groups in total. The van der Waals surface area contributed by atoms with Crippen molar-refractivity contribution in [3.8, 4) is 0 Å². The third-order valence-corrected chi connectivity index (χ3v) is 10.8. The summed E-state index contributed by atoms with van der Waals surface area (Å²) in [7, 11) is 0. The van der Waals surface area contributed by atoms with Crippen molar-refractivity contribution < 1.29 is 14.2 Å². The predicted molar refractivity (Wildman–Crippen MR) is 174 cm³/mol. The van der Waals surface area contributed by atoms with Crippen LogP contribution in [-0.4, -0.2) is 51.1 Å². The lowest BCUT2D eigenvalue weighted by Gasteiger charge is -2.29. The Morgan fingerprint density at radius 1 is 0.436 bits per heavy atom. The molecule has 5 rings (SSSR count). The maximum absolute atomic E-state index is 5.34. The van der Waals surface area contributed by atoms with Gasteiger partial charge in [-0.2, -0.15) is 11.8 Å². The van der Waals surface area contributed by atoms with E-state index < -0.39 is 0 Å². The third-order valence-electron chi connectivity index (χ3n) is 9.65. The van der Waals surface area contributed by atoms with Crippen molar-refractivity contribution in [2.45, 2.75) is 114 Å². The zero-order valence-electron chi connectivity index (χ0n) is 28.0. The Hall–Kier alpha value is 0.230. The highest BCUT2D eigenvalue weighted by atomic mass is 32.2. The maximum atomic E-state index is 5.34. The van der Waals surface area contributed by atoms with Crippen molar-refractivity contribution in [2.24, 2.45) is 59.2 Å². The van der Waals surface area contributed by atoms with Crippen molar-refractivity contribution in [1.82, 2.24) is 0 Å². The average Bonchev–Trinajstić information content (AvgIpc) is 3.53. The summed E-state index contributed by atoms with van der Waals surface area (Å²) in [6.07, 6.45) is 9.86. The zero-order valence-corrected chi connectivity index (χ0v) is 28.8. The Labute approximate surface area is 250 Å². The van der Waals surface area contributed by atoms with Gasteiger partial charge in [-0.3, -0.25) is 0 Å². The van der Waals surface area contributed by atoms with E-state index in [-0.39, 0.29) is 0 Å². The summed E-state index contributed by atoms with van der Waals surface area (Å²) in [6.45, 7) is 28.8. The van der Waals surface area contributed by atoms with Gasteiger partial charge in [-0.1, -0.05) is 88.5 Å². The van der Waals surface area contributed by atoms with Crippen LogP contribution in [0, 0.1) is 59.2 Å². The molecular formula is C35H70O3S. The van der Waals surface area contributed by atoms with Crippen molar-refractivity contribution in [1.29, 1.82) is 0 Å². The van der Waals surface area contributed by atoms with Gasteiger partial charge in [0, 0.05) is 32.3 Å². The molecule has 4 saturated heterocycles. The SMILES string of the molecule is CC(C)C1CCC1.CC(C)C1CCCOC1.CC(C)C1CCOC1.CC(C)C1CCSC1.CC(C)C1COC1. The number of thioether (sulfide) groups is 1. The van der Waals surface area contributed by atoms with Gasteiger partial charge in [0.25, 0.3) is 0 Å². The zero-order chi connectivity index (χ0) is 29.2. The van der Waals surface area contributed by atoms with Gasteiger partial charge >= 0.3 is 0 Å². The molecular weight excluding hydrogens is 500 g/mol. The second-order valence-electron chi connectivity index (χ2n) is 14.4. The molecule has 0 aromatic rings. The van der Waals surface area contributed by atoms with E-state index in [4.69, 9.17) is 14.2 Å². The fourth-order valence-corrected chi connectivity index (χ4v) is 6.68. The summed E-state index contributed by atoms with van der Waals surface area (Å²) in [4.78, 5) is 0. The highest BCUT2D eigenvalue weighted by molar-refractivity contribution is 7.99. The largest absolute Gasteiger partial charge is 0.381 e. The van der Waals surface area contributed by atoms with Crippen molar-refractivity contribution in [3.05, 3.63) is 0 Å². The Bertz CT molecular complexity index is 498. The molecule has 3 unspecified atom stereocenters. The van der Waals surface area contributed by atoms with Gasteiger partial charge in [0.2, 0.25) is 0 Å². The van der Waals surface area contributed by atoms with Gasteiger partial charge in [0.15, 0.2) is 0 Å². The lowest BCUT2D eigenvalue weighted by atomic mass is 9.78.